The second-order valence-corrected chi connectivity index (χ2v) is 8.76. The number of piperidine rings is 1. The van der Waals surface area contributed by atoms with Crippen molar-refractivity contribution in [1.82, 2.24) is 9.88 Å². The standard InChI is InChI=1S/C20H26ClN3O3/c1-20(12-26-13-20)11-23(2)18(25)8-14-4-3-7-24(10-14)19-22-16-6-5-15(21)9-17(16)27-19/h5-6,9,14H,3-4,7-8,10-13H2,1-2H3. The summed E-state index contributed by atoms with van der Waals surface area (Å²) in [6.07, 6.45) is 2.66. The molecule has 6 nitrogen and oxygen atoms in total. The lowest BCUT2D eigenvalue weighted by Crippen LogP contribution is -2.49. The van der Waals surface area contributed by atoms with Gasteiger partial charge in [0.05, 0.1) is 13.2 Å². The van der Waals surface area contributed by atoms with E-state index in [1.54, 1.807) is 6.07 Å². The van der Waals surface area contributed by atoms with Gasteiger partial charge in [-0.2, -0.15) is 4.98 Å². The SMILES string of the molecule is CN(CC1(C)COC1)C(=O)CC1CCCN(c2nc3ccc(Cl)cc3o2)C1. The Hall–Kier alpha value is -1.79. The minimum absolute atomic E-state index is 0.114. The van der Waals surface area contributed by atoms with Crippen LogP contribution in [0, 0.1) is 11.3 Å². The number of carbonyl (C=O) groups excluding carboxylic acids is 1. The quantitative estimate of drug-likeness (QED) is 0.779. The summed E-state index contributed by atoms with van der Waals surface area (Å²) in [5, 5.41) is 0.640. The molecule has 4 rings (SSSR count). The van der Waals surface area contributed by atoms with E-state index in [0.717, 1.165) is 51.2 Å². The zero-order valence-electron chi connectivity index (χ0n) is 15.9. The number of halogens is 1. The zero-order chi connectivity index (χ0) is 19.0. The first-order chi connectivity index (χ1) is 12.9. The van der Waals surface area contributed by atoms with Crippen LogP contribution in [0.2, 0.25) is 5.02 Å². The Morgan fingerprint density at radius 3 is 3.00 bits per heavy atom. The summed E-state index contributed by atoms with van der Waals surface area (Å²) in [5.41, 5.74) is 1.62. The molecule has 0 radical (unpaired) electrons. The summed E-state index contributed by atoms with van der Waals surface area (Å²) in [6.45, 7) is 6.10. The third-order valence-corrected chi connectivity index (χ3v) is 5.77. The Morgan fingerprint density at radius 1 is 1.44 bits per heavy atom. The van der Waals surface area contributed by atoms with Gasteiger partial charge in [-0.05, 0) is 30.9 Å². The minimum Gasteiger partial charge on any atom is -0.423 e. The molecule has 0 saturated carbocycles. The Morgan fingerprint density at radius 2 is 2.26 bits per heavy atom. The third-order valence-electron chi connectivity index (χ3n) is 5.54. The van der Waals surface area contributed by atoms with E-state index >= 15 is 0 Å². The first kappa shape index (κ1) is 18.6. The van der Waals surface area contributed by atoms with E-state index in [4.69, 9.17) is 20.8 Å². The number of rotatable bonds is 5. The second kappa shape index (κ2) is 7.32. The molecule has 1 amide bonds. The molecule has 0 bridgehead atoms. The highest BCUT2D eigenvalue weighted by Gasteiger charge is 2.36. The molecule has 2 aliphatic rings. The van der Waals surface area contributed by atoms with Gasteiger partial charge in [-0.25, -0.2) is 0 Å². The lowest BCUT2D eigenvalue weighted by molar-refractivity contribution is -0.142. The van der Waals surface area contributed by atoms with E-state index in [9.17, 15) is 4.79 Å². The van der Waals surface area contributed by atoms with Gasteiger partial charge in [0.2, 0.25) is 5.91 Å². The van der Waals surface area contributed by atoms with E-state index in [0.29, 0.717) is 29.0 Å². The van der Waals surface area contributed by atoms with E-state index in [1.807, 2.05) is 24.1 Å². The molecule has 2 saturated heterocycles. The number of amides is 1. The van der Waals surface area contributed by atoms with Gasteiger partial charge in [-0.3, -0.25) is 4.79 Å². The first-order valence-electron chi connectivity index (χ1n) is 9.55. The summed E-state index contributed by atoms with van der Waals surface area (Å²) in [4.78, 5) is 21.3. The minimum atomic E-state index is 0.114. The lowest BCUT2D eigenvalue weighted by atomic mass is 9.87. The summed E-state index contributed by atoms with van der Waals surface area (Å²) in [6, 6.07) is 6.10. The number of oxazole rings is 1. The van der Waals surface area contributed by atoms with Crippen LogP contribution in [0.3, 0.4) is 0 Å². The molecule has 27 heavy (non-hydrogen) atoms. The number of nitrogens with zero attached hydrogens (tertiary/aromatic N) is 3. The average molecular weight is 392 g/mol. The number of fused-ring (bicyclic) bond motifs is 1. The Bertz CT molecular complexity index is 833. The van der Waals surface area contributed by atoms with Gasteiger partial charge in [0.15, 0.2) is 5.58 Å². The monoisotopic (exact) mass is 391 g/mol. The second-order valence-electron chi connectivity index (χ2n) is 8.32. The molecule has 1 unspecified atom stereocenters. The van der Waals surface area contributed by atoms with Crippen molar-refractivity contribution in [2.24, 2.45) is 11.3 Å². The molecular weight excluding hydrogens is 366 g/mol. The maximum Gasteiger partial charge on any atom is 0.298 e. The number of hydrogen-bond donors (Lipinski definition) is 0. The molecule has 1 aromatic heterocycles. The highest BCUT2D eigenvalue weighted by Crippen LogP contribution is 2.30. The van der Waals surface area contributed by atoms with Crippen LogP contribution in [-0.2, 0) is 9.53 Å². The van der Waals surface area contributed by atoms with Crippen molar-refractivity contribution < 1.29 is 13.9 Å². The third kappa shape index (κ3) is 4.06. The topological polar surface area (TPSA) is 58.8 Å². The van der Waals surface area contributed by atoms with Gasteiger partial charge in [0, 0.05) is 49.6 Å². The molecule has 146 valence electrons. The van der Waals surface area contributed by atoms with Gasteiger partial charge < -0.3 is 19.0 Å². The fourth-order valence-electron chi connectivity index (χ4n) is 4.03. The fraction of sp³-hybridized carbons (Fsp3) is 0.600. The van der Waals surface area contributed by atoms with Crippen molar-refractivity contribution in [3.05, 3.63) is 23.2 Å². The molecule has 7 heteroatoms. The van der Waals surface area contributed by atoms with Crippen LogP contribution >= 0.6 is 11.6 Å². The van der Waals surface area contributed by atoms with Crippen LogP contribution in [-0.4, -0.2) is 55.7 Å². The molecule has 0 aliphatic carbocycles. The van der Waals surface area contributed by atoms with Crippen LogP contribution in [0.5, 0.6) is 0 Å². The molecule has 3 heterocycles. The van der Waals surface area contributed by atoms with Crippen molar-refractivity contribution in [3.8, 4) is 0 Å². The fourth-order valence-corrected chi connectivity index (χ4v) is 4.19. The van der Waals surface area contributed by atoms with E-state index in [-0.39, 0.29) is 11.3 Å². The van der Waals surface area contributed by atoms with Crippen LogP contribution in [0.4, 0.5) is 6.01 Å². The molecule has 0 N–H and O–H groups in total. The number of aromatic nitrogens is 1. The van der Waals surface area contributed by atoms with E-state index in [1.165, 1.54) is 0 Å². The number of carbonyl (C=O) groups is 1. The Kier molecular flexibility index (Phi) is 5.03. The zero-order valence-corrected chi connectivity index (χ0v) is 16.7. The number of ether oxygens (including phenoxy) is 1. The molecule has 2 fully saturated rings. The van der Waals surface area contributed by atoms with Crippen molar-refractivity contribution in [1.29, 1.82) is 0 Å². The van der Waals surface area contributed by atoms with Crippen molar-refractivity contribution in [2.75, 3.05) is 44.8 Å². The first-order valence-corrected chi connectivity index (χ1v) is 9.92. The molecule has 1 aromatic carbocycles. The van der Waals surface area contributed by atoms with Crippen LogP contribution < -0.4 is 4.90 Å². The highest BCUT2D eigenvalue weighted by molar-refractivity contribution is 6.31. The summed E-state index contributed by atoms with van der Waals surface area (Å²) in [7, 11) is 1.90. The predicted octanol–water partition coefficient (Wildman–Crippen LogP) is 3.58. The van der Waals surface area contributed by atoms with Gasteiger partial charge in [-0.15, -0.1) is 0 Å². The number of anilines is 1. The number of benzene rings is 1. The van der Waals surface area contributed by atoms with Gasteiger partial charge in [0.1, 0.15) is 5.52 Å². The Balaban J connectivity index is 1.37. The predicted molar refractivity (Wildman–Crippen MR) is 105 cm³/mol. The van der Waals surface area contributed by atoms with E-state index < -0.39 is 0 Å². The van der Waals surface area contributed by atoms with Crippen molar-refractivity contribution in [2.45, 2.75) is 26.2 Å². The molecule has 1 atom stereocenters. The Labute approximate surface area is 164 Å². The van der Waals surface area contributed by atoms with Gasteiger partial charge in [-0.1, -0.05) is 18.5 Å². The maximum atomic E-state index is 12.7. The van der Waals surface area contributed by atoms with Gasteiger partial charge in [0.25, 0.3) is 6.01 Å². The average Bonchev–Trinajstić information content (AvgIpc) is 3.03. The lowest BCUT2D eigenvalue weighted by Gasteiger charge is -2.41. The van der Waals surface area contributed by atoms with Gasteiger partial charge >= 0.3 is 0 Å². The van der Waals surface area contributed by atoms with Crippen LogP contribution in [0.15, 0.2) is 22.6 Å². The maximum absolute atomic E-state index is 12.7. The molecule has 2 aliphatic heterocycles. The van der Waals surface area contributed by atoms with Crippen LogP contribution in [0.1, 0.15) is 26.2 Å². The van der Waals surface area contributed by atoms with Crippen molar-refractivity contribution in [3.63, 3.8) is 0 Å². The molecule has 2 aromatic rings. The smallest absolute Gasteiger partial charge is 0.298 e. The van der Waals surface area contributed by atoms with E-state index in [2.05, 4.69) is 16.8 Å². The largest absolute Gasteiger partial charge is 0.423 e. The highest BCUT2D eigenvalue weighted by atomic mass is 35.5. The number of hydrogen-bond acceptors (Lipinski definition) is 5. The molecule has 0 spiro atoms. The van der Waals surface area contributed by atoms with Crippen LogP contribution in [0.25, 0.3) is 11.1 Å². The van der Waals surface area contributed by atoms with Crippen molar-refractivity contribution >= 4 is 34.6 Å². The summed E-state index contributed by atoms with van der Waals surface area (Å²) < 4.78 is 11.2. The normalized spacial score (nSPS) is 21.9. The molecular formula is C20H26ClN3O3. The summed E-state index contributed by atoms with van der Waals surface area (Å²) >= 11 is 6.03. The summed E-state index contributed by atoms with van der Waals surface area (Å²) in [5.74, 6) is 0.525.